The lowest BCUT2D eigenvalue weighted by Gasteiger charge is -2.36. The number of para-hydroxylation sites is 1. The number of nitrogens with one attached hydrogen (secondary N) is 1. The van der Waals surface area contributed by atoms with Gasteiger partial charge in [0.05, 0.1) is 5.56 Å². The Morgan fingerprint density at radius 2 is 1.48 bits per heavy atom. The number of carbonyl (C=O) groups is 2. The number of piperazine rings is 1. The highest BCUT2D eigenvalue weighted by molar-refractivity contribution is 5.98. The smallest absolute Gasteiger partial charge is 0.254 e. The molecule has 1 saturated heterocycles. The minimum Gasteiger partial charge on any atom is -0.368 e. The summed E-state index contributed by atoms with van der Waals surface area (Å²) in [7, 11) is 0. The molecule has 0 unspecified atom stereocenters. The summed E-state index contributed by atoms with van der Waals surface area (Å²) in [6, 6.07) is 23.5. The highest BCUT2D eigenvalue weighted by atomic mass is 19.1. The van der Waals surface area contributed by atoms with Gasteiger partial charge in [0.2, 0.25) is 0 Å². The first-order valence-corrected chi connectivity index (χ1v) is 10.3. The molecule has 1 aliphatic heterocycles. The number of anilines is 1. The van der Waals surface area contributed by atoms with Crippen LogP contribution in [0, 0.1) is 5.82 Å². The van der Waals surface area contributed by atoms with Crippen molar-refractivity contribution in [3.8, 4) is 0 Å². The third-order valence-electron chi connectivity index (χ3n) is 5.44. The maximum absolute atomic E-state index is 14.6. The number of rotatable bonds is 5. The van der Waals surface area contributed by atoms with Crippen molar-refractivity contribution < 1.29 is 14.0 Å². The Labute approximate surface area is 181 Å². The zero-order chi connectivity index (χ0) is 21.6. The fourth-order valence-corrected chi connectivity index (χ4v) is 3.69. The van der Waals surface area contributed by atoms with Crippen molar-refractivity contribution in [2.45, 2.75) is 6.54 Å². The topological polar surface area (TPSA) is 52.7 Å². The van der Waals surface area contributed by atoms with Crippen LogP contribution in [0.1, 0.15) is 26.3 Å². The summed E-state index contributed by atoms with van der Waals surface area (Å²) in [4.78, 5) is 29.1. The molecular weight excluding hydrogens is 393 g/mol. The summed E-state index contributed by atoms with van der Waals surface area (Å²) in [5.74, 6) is -1.42. The van der Waals surface area contributed by atoms with Gasteiger partial charge in [-0.2, -0.15) is 0 Å². The van der Waals surface area contributed by atoms with Crippen molar-refractivity contribution in [3.05, 3.63) is 101 Å². The second-order valence-corrected chi connectivity index (χ2v) is 7.48. The number of halogens is 1. The van der Waals surface area contributed by atoms with E-state index in [-0.39, 0.29) is 17.0 Å². The number of hydrogen-bond donors (Lipinski definition) is 1. The number of nitrogens with zero attached hydrogens (tertiary/aromatic N) is 2. The molecule has 1 N–H and O–H groups in total. The molecule has 6 heteroatoms. The maximum Gasteiger partial charge on any atom is 0.254 e. The van der Waals surface area contributed by atoms with Crippen LogP contribution < -0.4 is 10.2 Å². The fraction of sp³-hybridized carbons (Fsp3) is 0.200. The lowest BCUT2D eigenvalue weighted by Crippen LogP contribution is -2.48. The molecule has 0 saturated carbocycles. The van der Waals surface area contributed by atoms with Crippen molar-refractivity contribution in [1.29, 1.82) is 0 Å². The van der Waals surface area contributed by atoms with E-state index in [1.807, 2.05) is 48.5 Å². The van der Waals surface area contributed by atoms with Crippen molar-refractivity contribution in [2.24, 2.45) is 0 Å². The molecule has 158 valence electrons. The molecule has 31 heavy (non-hydrogen) atoms. The SMILES string of the molecule is O=C(NCc1ccccc1)c1ccc(C(=O)N2CCN(c3ccccc3)CC2)cc1F. The van der Waals surface area contributed by atoms with Gasteiger partial charge in [0.25, 0.3) is 11.8 Å². The van der Waals surface area contributed by atoms with Crippen molar-refractivity contribution in [2.75, 3.05) is 31.1 Å². The van der Waals surface area contributed by atoms with E-state index in [0.29, 0.717) is 19.6 Å². The van der Waals surface area contributed by atoms with Crippen LogP contribution in [0.4, 0.5) is 10.1 Å². The van der Waals surface area contributed by atoms with E-state index in [1.54, 1.807) is 4.90 Å². The molecule has 0 aliphatic carbocycles. The molecule has 1 aliphatic rings. The molecule has 1 heterocycles. The van der Waals surface area contributed by atoms with E-state index in [9.17, 15) is 14.0 Å². The highest BCUT2D eigenvalue weighted by Crippen LogP contribution is 2.18. The summed E-state index contributed by atoms with van der Waals surface area (Å²) in [5.41, 5.74) is 2.25. The lowest BCUT2D eigenvalue weighted by atomic mass is 10.1. The summed E-state index contributed by atoms with van der Waals surface area (Å²) in [6.07, 6.45) is 0. The van der Waals surface area contributed by atoms with Gasteiger partial charge in [0.15, 0.2) is 0 Å². The molecule has 0 atom stereocenters. The summed E-state index contributed by atoms with van der Waals surface area (Å²) in [5, 5.41) is 2.71. The Morgan fingerprint density at radius 1 is 0.839 bits per heavy atom. The molecule has 3 aromatic rings. The minimum atomic E-state index is -0.695. The normalized spacial score (nSPS) is 13.7. The summed E-state index contributed by atoms with van der Waals surface area (Å²) in [6.45, 7) is 2.88. The number of benzene rings is 3. The monoisotopic (exact) mass is 417 g/mol. The van der Waals surface area contributed by atoms with Crippen LogP contribution in [-0.4, -0.2) is 42.9 Å². The number of carbonyl (C=O) groups excluding carboxylic acids is 2. The third-order valence-corrected chi connectivity index (χ3v) is 5.44. The average molecular weight is 417 g/mol. The van der Waals surface area contributed by atoms with Gasteiger partial charge in [-0.3, -0.25) is 9.59 Å². The Hall–Kier alpha value is -3.67. The van der Waals surface area contributed by atoms with Crippen LogP contribution in [0.25, 0.3) is 0 Å². The molecular formula is C25H24FN3O2. The Bertz CT molecular complexity index is 1050. The number of amides is 2. The summed E-state index contributed by atoms with van der Waals surface area (Å²) >= 11 is 0. The van der Waals surface area contributed by atoms with Crippen LogP contribution in [0.5, 0.6) is 0 Å². The molecule has 2 amide bonds. The molecule has 0 radical (unpaired) electrons. The average Bonchev–Trinajstić information content (AvgIpc) is 2.83. The zero-order valence-electron chi connectivity index (χ0n) is 17.1. The van der Waals surface area contributed by atoms with Crippen LogP contribution in [0.15, 0.2) is 78.9 Å². The van der Waals surface area contributed by atoms with Crippen LogP contribution in [-0.2, 0) is 6.54 Å². The standard InChI is InChI=1S/C25H24FN3O2/c26-23-17-20(11-12-22(23)24(30)27-18-19-7-3-1-4-8-19)25(31)29-15-13-28(14-16-29)21-9-5-2-6-10-21/h1-12,17H,13-16,18H2,(H,27,30). The first-order chi connectivity index (χ1) is 15.1. The maximum atomic E-state index is 14.6. The van der Waals surface area contributed by atoms with Crippen LogP contribution in [0.3, 0.4) is 0 Å². The molecule has 0 bridgehead atoms. The zero-order valence-corrected chi connectivity index (χ0v) is 17.1. The minimum absolute atomic E-state index is 0.0682. The molecule has 5 nitrogen and oxygen atoms in total. The van der Waals surface area contributed by atoms with E-state index in [1.165, 1.54) is 12.1 Å². The first kappa shape index (κ1) is 20.6. The van der Waals surface area contributed by atoms with E-state index >= 15 is 0 Å². The Balaban J connectivity index is 1.36. The molecule has 4 rings (SSSR count). The van der Waals surface area contributed by atoms with Gasteiger partial charge in [0.1, 0.15) is 5.82 Å². The van der Waals surface area contributed by atoms with E-state index < -0.39 is 11.7 Å². The van der Waals surface area contributed by atoms with Crippen molar-refractivity contribution >= 4 is 17.5 Å². The number of hydrogen-bond acceptors (Lipinski definition) is 3. The second kappa shape index (κ2) is 9.43. The first-order valence-electron chi connectivity index (χ1n) is 10.3. The fourth-order valence-electron chi connectivity index (χ4n) is 3.69. The molecule has 1 fully saturated rings. The van der Waals surface area contributed by atoms with Crippen molar-refractivity contribution in [1.82, 2.24) is 10.2 Å². The largest absolute Gasteiger partial charge is 0.368 e. The van der Waals surface area contributed by atoms with Gasteiger partial charge in [-0.25, -0.2) is 4.39 Å². The quantitative estimate of drug-likeness (QED) is 0.689. The molecule has 0 aromatic heterocycles. The van der Waals surface area contributed by atoms with Gasteiger partial charge in [0, 0.05) is 44.0 Å². The highest BCUT2D eigenvalue weighted by Gasteiger charge is 2.23. The summed E-state index contributed by atoms with van der Waals surface area (Å²) < 4.78 is 14.6. The van der Waals surface area contributed by atoms with Crippen molar-refractivity contribution in [3.63, 3.8) is 0 Å². The third kappa shape index (κ3) is 4.91. The Morgan fingerprint density at radius 3 is 2.13 bits per heavy atom. The van der Waals surface area contributed by atoms with Gasteiger partial charge in [-0.1, -0.05) is 48.5 Å². The van der Waals surface area contributed by atoms with Gasteiger partial charge in [-0.05, 0) is 35.9 Å². The van der Waals surface area contributed by atoms with Gasteiger partial charge in [-0.15, -0.1) is 0 Å². The van der Waals surface area contributed by atoms with Crippen LogP contribution >= 0.6 is 0 Å². The lowest BCUT2D eigenvalue weighted by molar-refractivity contribution is 0.0745. The van der Waals surface area contributed by atoms with Gasteiger partial charge >= 0.3 is 0 Å². The van der Waals surface area contributed by atoms with Gasteiger partial charge < -0.3 is 15.1 Å². The second-order valence-electron chi connectivity index (χ2n) is 7.48. The molecule has 3 aromatic carbocycles. The molecule has 0 spiro atoms. The predicted octanol–water partition coefficient (Wildman–Crippen LogP) is 3.72. The van der Waals surface area contributed by atoms with Crippen LogP contribution in [0.2, 0.25) is 0 Å². The predicted molar refractivity (Wildman–Crippen MR) is 119 cm³/mol. The van der Waals surface area contributed by atoms with E-state index in [2.05, 4.69) is 22.3 Å². The Kier molecular flexibility index (Phi) is 6.26. The van der Waals surface area contributed by atoms with E-state index in [4.69, 9.17) is 0 Å². The van der Waals surface area contributed by atoms with E-state index in [0.717, 1.165) is 30.4 Å².